The normalized spacial score (nSPS) is 39.0. The monoisotopic (exact) mass is 179 g/mol. The highest BCUT2D eigenvalue weighted by Crippen LogP contribution is 2.29. The fourth-order valence-electron chi connectivity index (χ4n) is 1.40. The molecule has 1 fully saturated rings. The standard InChI is InChI=1S/C7H14ClNO2/c1-5-2-3-6(10-11-9)4-7(5)8/h5-7H,2-4,9H2,1H3. The second kappa shape index (κ2) is 4.26. The number of hydrogen-bond donors (Lipinski definition) is 1. The van der Waals surface area contributed by atoms with Crippen molar-refractivity contribution in [1.82, 2.24) is 0 Å². The van der Waals surface area contributed by atoms with E-state index >= 15 is 0 Å². The largest absolute Gasteiger partial charge is 0.215 e. The van der Waals surface area contributed by atoms with Crippen molar-refractivity contribution in [2.45, 2.75) is 37.7 Å². The average Bonchev–Trinajstić information content (AvgIpc) is 1.98. The maximum atomic E-state index is 6.02. The predicted octanol–water partition coefficient (Wildman–Crippen LogP) is 1.60. The Morgan fingerprint density at radius 3 is 2.73 bits per heavy atom. The van der Waals surface area contributed by atoms with Crippen LogP contribution >= 0.6 is 11.6 Å². The number of rotatable bonds is 2. The van der Waals surface area contributed by atoms with Crippen LogP contribution in [-0.4, -0.2) is 11.5 Å². The van der Waals surface area contributed by atoms with E-state index in [0.717, 1.165) is 19.3 Å². The molecule has 3 atom stereocenters. The van der Waals surface area contributed by atoms with Crippen LogP contribution in [0.5, 0.6) is 0 Å². The summed E-state index contributed by atoms with van der Waals surface area (Å²) in [7, 11) is 0. The maximum absolute atomic E-state index is 6.02. The molecule has 1 aliphatic rings. The van der Waals surface area contributed by atoms with Crippen molar-refractivity contribution in [2.24, 2.45) is 11.8 Å². The van der Waals surface area contributed by atoms with Crippen molar-refractivity contribution in [2.75, 3.05) is 0 Å². The predicted molar refractivity (Wildman–Crippen MR) is 42.8 cm³/mol. The lowest BCUT2D eigenvalue weighted by Gasteiger charge is -2.28. The molecule has 3 nitrogen and oxygen atoms in total. The molecule has 1 rings (SSSR count). The van der Waals surface area contributed by atoms with Crippen molar-refractivity contribution in [3.05, 3.63) is 0 Å². The number of nitrogens with two attached hydrogens (primary N) is 1. The second-order valence-corrected chi connectivity index (χ2v) is 3.68. The molecule has 11 heavy (non-hydrogen) atoms. The first-order valence-electron chi connectivity index (χ1n) is 3.90. The molecule has 1 aliphatic carbocycles. The van der Waals surface area contributed by atoms with E-state index < -0.39 is 0 Å². The minimum absolute atomic E-state index is 0.0821. The van der Waals surface area contributed by atoms with Crippen molar-refractivity contribution >= 4 is 11.6 Å². The zero-order valence-electron chi connectivity index (χ0n) is 6.63. The van der Waals surface area contributed by atoms with Crippen LogP contribution in [0.15, 0.2) is 0 Å². The summed E-state index contributed by atoms with van der Waals surface area (Å²) in [5, 5.41) is 0.198. The molecule has 0 aromatic heterocycles. The van der Waals surface area contributed by atoms with E-state index in [4.69, 9.17) is 22.4 Å². The summed E-state index contributed by atoms with van der Waals surface area (Å²) in [6, 6.07) is 0. The van der Waals surface area contributed by atoms with Gasteiger partial charge in [-0.2, -0.15) is 5.90 Å². The molecule has 1 saturated carbocycles. The minimum Gasteiger partial charge on any atom is -0.215 e. The van der Waals surface area contributed by atoms with Gasteiger partial charge in [-0.15, -0.1) is 16.6 Å². The summed E-state index contributed by atoms with van der Waals surface area (Å²) in [5.41, 5.74) is 0. The number of hydrogen-bond acceptors (Lipinski definition) is 3. The molecule has 0 heterocycles. The minimum atomic E-state index is 0.0821. The van der Waals surface area contributed by atoms with E-state index in [-0.39, 0.29) is 11.5 Å². The van der Waals surface area contributed by atoms with Gasteiger partial charge >= 0.3 is 0 Å². The molecule has 0 spiro atoms. The Bertz CT molecular complexity index is 123. The van der Waals surface area contributed by atoms with E-state index in [9.17, 15) is 0 Å². The Morgan fingerprint density at radius 1 is 1.45 bits per heavy atom. The van der Waals surface area contributed by atoms with Gasteiger partial charge in [-0.1, -0.05) is 6.92 Å². The fraction of sp³-hybridized carbons (Fsp3) is 1.00. The van der Waals surface area contributed by atoms with Crippen LogP contribution in [-0.2, 0) is 9.88 Å². The maximum Gasteiger partial charge on any atom is 0.0964 e. The fourth-order valence-corrected chi connectivity index (χ4v) is 1.72. The molecule has 0 saturated heterocycles. The van der Waals surface area contributed by atoms with Gasteiger partial charge in [0.25, 0.3) is 0 Å². The lowest BCUT2D eigenvalue weighted by atomic mass is 9.88. The highest BCUT2D eigenvalue weighted by molar-refractivity contribution is 6.20. The Morgan fingerprint density at radius 2 is 2.18 bits per heavy atom. The van der Waals surface area contributed by atoms with Gasteiger partial charge < -0.3 is 0 Å². The Balaban J connectivity index is 2.28. The van der Waals surface area contributed by atoms with Crippen molar-refractivity contribution in [3.63, 3.8) is 0 Å². The molecule has 2 N–H and O–H groups in total. The van der Waals surface area contributed by atoms with Gasteiger partial charge in [0, 0.05) is 5.38 Å². The molecule has 4 heteroatoms. The van der Waals surface area contributed by atoms with Crippen LogP contribution in [0.1, 0.15) is 26.2 Å². The number of halogens is 1. The first kappa shape index (κ1) is 9.26. The van der Waals surface area contributed by atoms with Gasteiger partial charge in [0.2, 0.25) is 0 Å². The summed E-state index contributed by atoms with van der Waals surface area (Å²) in [6.07, 6.45) is 2.99. The topological polar surface area (TPSA) is 44.5 Å². The highest BCUT2D eigenvalue weighted by Gasteiger charge is 2.27. The van der Waals surface area contributed by atoms with E-state index in [1.54, 1.807) is 0 Å². The highest BCUT2D eigenvalue weighted by atomic mass is 35.5. The lowest BCUT2D eigenvalue weighted by Crippen LogP contribution is -2.29. The summed E-state index contributed by atoms with van der Waals surface area (Å²) >= 11 is 6.02. The molecule has 0 bridgehead atoms. The average molecular weight is 180 g/mol. The zero-order chi connectivity index (χ0) is 8.27. The molecular formula is C7H14ClNO2. The van der Waals surface area contributed by atoms with Crippen LogP contribution in [0, 0.1) is 5.92 Å². The van der Waals surface area contributed by atoms with Crippen molar-refractivity contribution < 1.29 is 9.88 Å². The van der Waals surface area contributed by atoms with Gasteiger partial charge in [-0.3, -0.25) is 0 Å². The van der Waals surface area contributed by atoms with Crippen LogP contribution in [0.25, 0.3) is 0 Å². The molecular weight excluding hydrogens is 166 g/mol. The van der Waals surface area contributed by atoms with Crippen LogP contribution < -0.4 is 5.90 Å². The number of alkyl halides is 1. The Hall–Kier alpha value is 0.170. The molecule has 0 amide bonds. The van der Waals surface area contributed by atoms with Gasteiger partial charge in [-0.25, -0.2) is 4.89 Å². The van der Waals surface area contributed by atoms with Crippen molar-refractivity contribution in [1.29, 1.82) is 0 Å². The molecule has 0 aliphatic heterocycles. The molecule has 66 valence electrons. The second-order valence-electron chi connectivity index (χ2n) is 3.12. The van der Waals surface area contributed by atoms with E-state index in [2.05, 4.69) is 11.9 Å². The molecule has 0 aromatic rings. The van der Waals surface area contributed by atoms with E-state index in [1.165, 1.54) is 0 Å². The third-order valence-corrected chi connectivity index (χ3v) is 2.85. The first-order chi connectivity index (χ1) is 5.24. The Kier molecular flexibility index (Phi) is 3.59. The van der Waals surface area contributed by atoms with Gasteiger partial charge in [0.15, 0.2) is 0 Å². The molecule has 0 aromatic carbocycles. The van der Waals surface area contributed by atoms with Crippen LogP contribution in [0.2, 0.25) is 0 Å². The van der Waals surface area contributed by atoms with E-state index in [0.29, 0.717) is 5.92 Å². The third-order valence-electron chi connectivity index (χ3n) is 2.24. The SMILES string of the molecule is CC1CCC(OON)CC1Cl. The molecule has 0 radical (unpaired) electrons. The summed E-state index contributed by atoms with van der Waals surface area (Å²) in [5.74, 6) is 5.35. The van der Waals surface area contributed by atoms with Gasteiger partial charge in [-0.05, 0) is 25.2 Å². The molecule has 3 unspecified atom stereocenters. The zero-order valence-corrected chi connectivity index (χ0v) is 7.38. The lowest BCUT2D eigenvalue weighted by molar-refractivity contribution is -0.333. The van der Waals surface area contributed by atoms with E-state index in [1.807, 2.05) is 0 Å². The quantitative estimate of drug-likeness (QED) is 0.398. The van der Waals surface area contributed by atoms with Crippen molar-refractivity contribution in [3.8, 4) is 0 Å². The van der Waals surface area contributed by atoms with Gasteiger partial charge in [0.05, 0.1) is 6.10 Å². The van der Waals surface area contributed by atoms with Crippen LogP contribution in [0.4, 0.5) is 0 Å². The Labute approximate surface area is 71.7 Å². The van der Waals surface area contributed by atoms with Gasteiger partial charge in [0.1, 0.15) is 0 Å². The van der Waals surface area contributed by atoms with Crippen LogP contribution in [0.3, 0.4) is 0 Å². The smallest absolute Gasteiger partial charge is 0.0964 e. The summed E-state index contributed by atoms with van der Waals surface area (Å²) < 4.78 is 0. The first-order valence-corrected chi connectivity index (χ1v) is 4.34. The summed E-state index contributed by atoms with van der Waals surface area (Å²) in [6.45, 7) is 2.15. The summed E-state index contributed by atoms with van der Waals surface area (Å²) in [4.78, 5) is 8.90. The third kappa shape index (κ3) is 2.60.